The van der Waals surface area contributed by atoms with Crippen LogP contribution in [0.15, 0.2) is 196 Å². The third-order valence-electron chi connectivity index (χ3n) is 20.0. The largest absolute Gasteiger partial charge is 0.497 e. The van der Waals surface area contributed by atoms with E-state index in [1.54, 1.807) is 115 Å². The summed E-state index contributed by atoms with van der Waals surface area (Å²) in [4.78, 5) is 64.1. The van der Waals surface area contributed by atoms with Gasteiger partial charge in [0, 0.05) is 227 Å². The van der Waals surface area contributed by atoms with E-state index in [0.717, 1.165) is 184 Å². The van der Waals surface area contributed by atoms with E-state index in [-0.39, 0.29) is 6.61 Å². The lowest BCUT2D eigenvalue weighted by Crippen LogP contribution is -2.46. The van der Waals surface area contributed by atoms with Crippen LogP contribution in [0.5, 0.6) is 40.4 Å². The molecule has 8 aromatic heterocycles. The van der Waals surface area contributed by atoms with Gasteiger partial charge in [-0.2, -0.15) is 15.3 Å². The van der Waals surface area contributed by atoms with Gasteiger partial charge in [0.2, 0.25) is 11.8 Å². The van der Waals surface area contributed by atoms with E-state index < -0.39 is 5.91 Å². The van der Waals surface area contributed by atoms with Gasteiger partial charge in [-0.15, -0.1) is 0 Å². The van der Waals surface area contributed by atoms with E-state index in [1.165, 1.54) is 6.20 Å². The highest BCUT2D eigenvalue weighted by molar-refractivity contribution is 5.93. The predicted octanol–water partition coefficient (Wildman–Crippen LogP) is 11.8. The highest BCUT2D eigenvalue weighted by Gasteiger charge is 2.21. The number of rotatable bonds is 30. The third-order valence-corrected chi connectivity index (χ3v) is 20.0. The fraction of sp³-hybridized carbons (Fsp3) is 0.286. The summed E-state index contributed by atoms with van der Waals surface area (Å²) in [6.07, 6.45) is 23.2. The zero-order valence-corrected chi connectivity index (χ0v) is 70.2. The fourth-order valence-corrected chi connectivity index (χ4v) is 13.6. The summed E-state index contributed by atoms with van der Waals surface area (Å²) in [6.45, 7) is 14.0. The molecule has 1 aliphatic rings. The summed E-state index contributed by atoms with van der Waals surface area (Å²) in [5.41, 5.74) is 21.7. The van der Waals surface area contributed by atoms with Crippen molar-refractivity contribution in [2.24, 2.45) is 19.8 Å². The summed E-state index contributed by atoms with van der Waals surface area (Å²) >= 11 is 0. The van der Waals surface area contributed by atoms with Crippen molar-refractivity contribution in [1.82, 2.24) is 89.3 Å². The van der Waals surface area contributed by atoms with E-state index in [2.05, 4.69) is 116 Å². The Labute approximate surface area is 708 Å². The molecule has 0 atom stereocenters. The maximum Gasteiger partial charge on any atom is 0.248 e. The summed E-state index contributed by atoms with van der Waals surface area (Å²) < 4.78 is 43.9. The molecule has 4 N–H and O–H groups in total. The summed E-state index contributed by atoms with van der Waals surface area (Å²) in [6, 6.07) is 38.7. The molecular weight excluding hydrogens is 1550 g/mol. The minimum absolute atomic E-state index is 0.271. The highest BCUT2D eigenvalue weighted by Crippen LogP contribution is 2.38. The Morgan fingerprint density at radius 3 is 1.33 bits per heavy atom. The monoisotopic (exact) mass is 1640 g/mol. The molecule has 626 valence electrons. The molecule has 14 aromatic rings. The minimum atomic E-state index is -0.534. The number of piperazine rings is 1. The molecule has 0 bridgehead atoms. The second-order valence-electron chi connectivity index (χ2n) is 28.7. The fourth-order valence-electron chi connectivity index (χ4n) is 13.6. The molecular formula is C91H98N22O9. The Morgan fingerprint density at radius 2 is 0.893 bits per heavy atom. The number of aromatic nitrogens is 15. The van der Waals surface area contributed by atoms with Crippen molar-refractivity contribution >= 4 is 73.1 Å². The van der Waals surface area contributed by atoms with Gasteiger partial charge in [-0.3, -0.25) is 33.8 Å². The molecule has 1 amide bonds. The molecule has 1 fully saturated rings. The van der Waals surface area contributed by atoms with Gasteiger partial charge in [-0.05, 0) is 98.0 Å². The van der Waals surface area contributed by atoms with Crippen LogP contribution in [-0.2, 0) is 20.6 Å². The molecule has 6 aromatic carbocycles. The second kappa shape index (κ2) is 41.3. The van der Waals surface area contributed by atoms with E-state index in [4.69, 9.17) is 63.9 Å². The number of nitrogens with two attached hydrogens (primary N) is 1. The predicted molar refractivity (Wildman–Crippen MR) is 471 cm³/mol. The van der Waals surface area contributed by atoms with E-state index in [0.29, 0.717) is 65.0 Å². The molecule has 0 saturated carbocycles. The molecule has 9 heterocycles. The van der Waals surface area contributed by atoms with Crippen molar-refractivity contribution in [1.29, 1.82) is 0 Å². The Kier molecular flexibility index (Phi) is 29.0. The van der Waals surface area contributed by atoms with Gasteiger partial charge in [0.1, 0.15) is 40.2 Å². The first-order valence-electron chi connectivity index (χ1n) is 39.7. The molecule has 0 unspecified atom stereocenters. The number of primary amides is 1. The normalized spacial score (nSPS) is 11.9. The number of aliphatic hydroxyl groups excluding tert-OH is 1. The summed E-state index contributed by atoms with van der Waals surface area (Å²) in [5.74, 6) is 16.4. The second-order valence-corrected chi connectivity index (χ2v) is 28.7. The minimum Gasteiger partial charge on any atom is -0.497 e. The van der Waals surface area contributed by atoms with Crippen molar-refractivity contribution < 1.29 is 43.1 Å². The van der Waals surface area contributed by atoms with Crippen molar-refractivity contribution in [3.63, 3.8) is 0 Å². The van der Waals surface area contributed by atoms with Gasteiger partial charge in [-0.25, -0.2) is 29.9 Å². The average Bonchev–Trinajstić information content (AvgIpc) is 1.12. The molecule has 1 saturated heterocycles. The van der Waals surface area contributed by atoms with Crippen molar-refractivity contribution in [2.45, 2.75) is 39.3 Å². The number of fused-ring (bicyclic) bond motifs is 3. The molecule has 0 aliphatic carbocycles. The first-order chi connectivity index (χ1) is 59.4. The molecule has 0 radical (unpaired) electrons. The van der Waals surface area contributed by atoms with Crippen LogP contribution in [0.2, 0.25) is 0 Å². The number of carbonyl (C=O) groups is 1. The maximum atomic E-state index is 11.5. The van der Waals surface area contributed by atoms with Crippen LogP contribution in [0.1, 0.15) is 48.4 Å². The van der Waals surface area contributed by atoms with Gasteiger partial charge in [0.15, 0.2) is 5.69 Å². The zero-order valence-electron chi connectivity index (χ0n) is 70.2. The summed E-state index contributed by atoms with van der Waals surface area (Å²) in [5, 5.41) is 25.7. The van der Waals surface area contributed by atoms with E-state index >= 15 is 0 Å². The Morgan fingerprint density at radius 1 is 0.459 bits per heavy atom. The van der Waals surface area contributed by atoms with Gasteiger partial charge < -0.3 is 73.8 Å². The Bertz CT molecular complexity index is 5980. The number of methoxy groups -OCH3 is 7. The topological polar surface area (TPSA) is 326 Å². The van der Waals surface area contributed by atoms with Crippen molar-refractivity contribution in [2.75, 3.05) is 137 Å². The van der Waals surface area contributed by atoms with Gasteiger partial charge in [0.05, 0.1) is 150 Å². The lowest BCUT2D eigenvalue weighted by molar-refractivity contribution is 0.1000. The molecule has 31 nitrogen and oxygen atoms in total. The smallest absolute Gasteiger partial charge is 0.248 e. The number of ether oxygens (including phenoxy) is 7. The Hall–Kier alpha value is -14.4. The highest BCUT2D eigenvalue weighted by atomic mass is 16.5. The van der Waals surface area contributed by atoms with Crippen molar-refractivity contribution in [3.8, 4) is 97.8 Å². The molecule has 15 rings (SSSR count). The number of aryl methyl sites for hydroxylation is 3. The van der Waals surface area contributed by atoms with Gasteiger partial charge >= 0.3 is 0 Å². The lowest BCUT2D eigenvalue weighted by atomic mass is 10.2. The number of pyridine rings is 1. The lowest BCUT2D eigenvalue weighted by Gasteiger charge is -2.34. The SMILES string of the molecule is COc1cc(OC)cc(N(CC#Cc2cc(C(N)=O)ccn2)c2ccc3ncc(-c4cnn(C)c4)nc3c2)c1.COc1cc(OC)cc(N(CC#Cc2nccnc2OC)c2ccc3ncc(-c4cnn(C)c4)nc3c2)c1.COc1cc(OC)cc(N(CCNC(C)C)c2ccc3ncc(-c4cnn(CCCN5CCN(CCCO)CC5)c4)nc3c2)c1. The zero-order chi connectivity index (χ0) is 85.4. The number of benzene rings is 6. The summed E-state index contributed by atoms with van der Waals surface area (Å²) in [7, 11) is 15.1. The van der Waals surface area contributed by atoms with E-state index in [9.17, 15) is 4.79 Å². The number of anilines is 6. The van der Waals surface area contributed by atoms with E-state index in [1.807, 2.05) is 144 Å². The molecule has 122 heavy (non-hydrogen) atoms. The number of amides is 1. The number of nitrogens with zero attached hydrogens (tertiary/aromatic N) is 20. The third kappa shape index (κ3) is 22.3. The standard InChI is InChI=1S/C34H48N8O3.C29H25N7O3.C28H25N7O3/c1-26(2)35-9-13-42(29-19-30(44-3)22-31(20-29)45-4)28-7-8-32-33(21-28)38-34(24-36-32)27-23-37-41(25-27)12-5-10-39-14-16-40(17-15-39)11-6-18-43;1-35-18-20(16-33-35)28-17-32-26-7-6-22(14-27(26)34-28)36(23-12-24(38-2)15-25(13-23)39-3)10-4-5-21-11-19(29(30)37)8-9-31-21;1-34-18-19(16-32-34)27-17-31-24-8-7-20(14-26(24)33-27)35(21-12-22(36-2)15-23(13-21)37-3)11-5-6-25-28(38-4)30-10-9-29-25/h7-8,19-26,35,43H,5-6,9-18H2,1-4H3;6-9,11-18H,10H2,1-3H3,(H2,30,37);7-10,12-18H,11H2,1-4H3. The Balaban J connectivity index is 0.000000158. The maximum absolute atomic E-state index is 11.5. The van der Waals surface area contributed by atoms with Crippen LogP contribution < -0.4 is 58.9 Å². The molecule has 31 heteroatoms. The van der Waals surface area contributed by atoms with Crippen LogP contribution in [0.3, 0.4) is 0 Å². The number of hydrogen-bond donors (Lipinski definition) is 3. The van der Waals surface area contributed by atoms with Crippen LogP contribution in [0, 0.1) is 23.7 Å². The van der Waals surface area contributed by atoms with Crippen LogP contribution >= 0.6 is 0 Å². The van der Waals surface area contributed by atoms with Gasteiger partial charge in [0.25, 0.3) is 0 Å². The average molecular weight is 1640 g/mol. The molecule has 0 spiro atoms. The number of nitrogens with one attached hydrogen (secondary N) is 1. The van der Waals surface area contributed by atoms with Crippen LogP contribution in [-0.4, -0.2) is 223 Å². The number of aliphatic hydroxyl groups is 1. The first kappa shape index (κ1) is 85.5. The number of carbonyl (C=O) groups excluding carboxylic acids is 1. The van der Waals surface area contributed by atoms with Gasteiger partial charge in [-0.1, -0.05) is 25.7 Å². The first-order valence-corrected chi connectivity index (χ1v) is 39.7. The van der Waals surface area contributed by atoms with Crippen LogP contribution in [0.25, 0.3) is 66.9 Å². The quantitative estimate of drug-likeness (QED) is 0.0352. The number of hydrogen-bond acceptors (Lipinski definition) is 27. The van der Waals surface area contributed by atoms with Crippen LogP contribution in [0.4, 0.5) is 34.1 Å². The van der Waals surface area contributed by atoms with Crippen molar-refractivity contribution in [3.05, 3.63) is 213 Å². The molecule has 1 aliphatic heterocycles.